The molecule has 0 heterocycles. The predicted molar refractivity (Wildman–Crippen MR) is 37.3 cm³/mol. The molecule has 0 saturated carbocycles. The standard InChI is InChI=1S/C7H12O3/c1-7(8)4-3-5-10-6-9-2/h7-8H,5-6H2,1-2H3/t7-/m0/s1. The molecule has 0 aromatic carbocycles. The lowest BCUT2D eigenvalue weighted by Crippen LogP contribution is -1.98. The molecule has 0 bridgehead atoms. The molecule has 0 spiro atoms. The molecule has 3 heteroatoms. The molecule has 0 rings (SSSR count). The normalized spacial score (nSPS) is 11.9. The molecule has 0 fully saturated rings. The average molecular weight is 144 g/mol. The summed E-state index contributed by atoms with van der Waals surface area (Å²) in [5.41, 5.74) is 0. The van der Waals surface area contributed by atoms with Crippen molar-refractivity contribution in [2.75, 3.05) is 20.5 Å². The molecule has 58 valence electrons. The molecule has 1 atom stereocenters. The van der Waals surface area contributed by atoms with E-state index >= 15 is 0 Å². The third-order valence-electron chi connectivity index (χ3n) is 0.686. The van der Waals surface area contributed by atoms with Crippen LogP contribution in [0.1, 0.15) is 6.92 Å². The molecule has 0 aliphatic rings. The van der Waals surface area contributed by atoms with Gasteiger partial charge < -0.3 is 14.6 Å². The van der Waals surface area contributed by atoms with Crippen LogP contribution in [0.5, 0.6) is 0 Å². The number of methoxy groups -OCH3 is 1. The third kappa shape index (κ3) is 7.44. The first-order valence-corrected chi connectivity index (χ1v) is 3.00. The Bertz CT molecular complexity index is 121. The summed E-state index contributed by atoms with van der Waals surface area (Å²) >= 11 is 0. The average Bonchev–Trinajstić information content (AvgIpc) is 1.87. The van der Waals surface area contributed by atoms with Gasteiger partial charge in [0.05, 0.1) is 0 Å². The maximum atomic E-state index is 8.65. The Morgan fingerprint density at radius 3 is 2.80 bits per heavy atom. The molecule has 3 nitrogen and oxygen atoms in total. The number of rotatable bonds is 3. The van der Waals surface area contributed by atoms with Crippen molar-refractivity contribution in [2.24, 2.45) is 0 Å². The summed E-state index contributed by atoms with van der Waals surface area (Å²) in [5.74, 6) is 5.15. The van der Waals surface area contributed by atoms with Gasteiger partial charge >= 0.3 is 0 Å². The Balaban J connectivity index is 3.12. The molecule has 10 heavy (non-hydrogen) atoms. The molecule has 0 aliphatic heterocycles. The largest absolute Gasteiger partial charge is 0.381 e. The second-order valence-corrected chi connectivity index (χ2v) is 1.75. The van der Waals surface area contributed by atoms with Crippen LogP contribution < -0.4 is 0 Å². The summed E-state index contributed by atoms with van der Waals surface area (Å²) in [5, 5.41) is 8.65. The van der Waals surface area contributed by atoms with Crippen LogP contribution in [-0.2, 0) is 9.47 Å². The maximum absolute atomic E-state index is 8.65. The van der Waals surface area contributed by atoms with Crippen LogP contribution in [0.2, 0.25) is 0 Å². The Kier molecular flexibility index (Phi) is 6.19. The van der Waals surface area contributed by atoms with E-state index < -0.39 is 6.10 Å². The number of ether oxygens (including phenoxy) is 2. The fourth-order valence-corrected chi connectivity index (χ4v) is 0.365. The first-order chi connectivity index (χ1) is 4.77. The molecule has 1 N–H and O–H groups in total. The first-order valence-electron chi connectivity index (χ1n) is 3.00. The minimum Gasteiger partial charge on any atom is -0.381 e. The van der Waals surface area contributed by atoms with Crippen molar-refractivity contribution in [3.05, 3.63) is 0 Å². The van der Waals surface area contributed by atoms with Gasteiger partial charge in [-0.25, -0.2) is 0 Å². The van der Waals surface area contributed by atoms with E-state index in [-0.39, 0.29) is 6.79 Å². The van der Waals surface area contributed by atoms with E-state index in [1.54, 1.807) is 14.0 Å². The van der Waals surface area contributed by atoms with Crippen LogP contribution in [-0.4, -0.2) is 31.7 Å². The highest BCUT2D eigenvalue weighted by atomic mass is 16.7. The van der Waals surface area contributed by atoms with E-state index in [9.17, 15) is 0 Å². The number of aliphatic hydroxyl groups is 1. The second-order valence-electron chi connectivity index (χ2n) is 1.75. The van der Waals surface area contributed by atoms with E-state index in [1.165, 1.54) is 0 Å². The van der Waals surface area contributed by atoms with Crippen LogP contribution in [0.3, 0.4) is 0 Å². The Morgan fingerprint density at radius 2 is 2.30 bits per heavy atom. The lowest BCUT2D eigenvalue weighted by molar-refractivity contribution is -0.0166. The van der Waals surface area contributed by atoms with Gasteiger partial charge in [-0.15, -0.1) is 0 Å². The van der Waals surface area contributed by atoms with Crippen LogP contribution in [0, 0.1) is 11.8 Å². The van der Waals surface area contributed by atoms with Gasteiger partial charge in [-0.05, 0) is 6.92 Å². The molecule has 0 aromatic heterocycles. The molecular weight excluding hydrogens is 132 g/mol. The van der Waals surface area contributed by atoms with Gasteiger partial charge in [0.1, 0.15) is 19.5 Å². The second kappa shape index (κ2) is 6.56. The van der Waals surface area contributed by atoms with Crippen molar-refractivity contribution in [2.45, 2.75) is 13.0 Å². The van der Waals surface area contributed by atoms with E-state index in [0.717, 1.165) is 0 Å². The van der Waals surface area contributed by atoms with Gasteiger partial charge in [0.2, 0.25) is 0 Å². The van der Waals surface area contributed by atoms with Gasteiger partial charge in [-0.3, -0.25) is 0 Å². The highest BCUT2D eigenvalue weighted by molar-refractivity contribution is 5.02. The number of hydrogen-bond donors (Lipinski definition) is 1. The summed E-state index contributed by atoms with van der Waals surface area (Å²) in [4.78, 5) is 0. The van der Waals surface area contributed by atoms with E-state index in [1.807, 2.05) is 0 Å². The Morgan fingerprint density at radius 1 is 1.60 bits per heavy atom. The van der Waals surface area contributed by atoms with Gasteiger partial charge in [0.15, 0.2) is 0 Å². The van der Waals surface area contributed by atoms with Crippen molar-refractivity contribution in [1.82, 2.24) is 0 Å². The maximum Gasteiger partial charge on any atom is 0.147 e. The minimum atomic E-state index is -0.578. The summed E-state index contributed by atoms with van der Waals surface area (Å²) < 4.78 is 9.42. The molecule has 0 amide bonds. The van der Waals surface area contributed by atoms with Crippen molar-refractivity contribution >= 4 is 0 Å². The highest BCUT2D eigenvalue weighted by Gasteiger charge is 1.82. The first kappa shape index (κ1) is 9.44. The van der Waals surface area contributed by atoms with Crippen molar-refractivity contribution in [3.8, 4) is 11.8 Å². The van der Waals surface area contributed by atoms with Crippen LogP contribution in [0.15, 0.2) is 0 Å². The number of aliphatic hydroxyl groups excluding tert-OH is 1. The monoisotopic (exact) mass is 144 g/mol. The van der Waals surface area contributed by atoms with E-state index in [4.69, 9.17) is 9.84 Å². The zero-order valence-electron chi connectivity index (χ0n) is 6.26. The van der Waals surface area contributed by atoms with Crippen LogP contribution >= 0.6 is 0 Å². The molecule has 0 aliphatic carbocycles. The van der Waals surface area contributed by atoms with Gasteiger partial charge in [0.25, 0.3) is 0 Å². The molecule has 0 unspecified atom stereocenters. The Hall–Kier alpha value is -0.560. The van der Waals surface area contributed by atoms with Crippen molar-refractivity contribution < 1.29 is 14.6 Å². The third-order valence-corrected chi connectivity index (χ3v) is 0.686. The minimum absolute atomic E-state index is 0.245. The zero-order chi connectivity index (χ0) is 7.82. The smallest absolute Gasteiger partial charge is 0.147 e. The lowest BCUT2D eigenvalue weighted by Gasteiger charge is -1.94. The summed E-state index contributed by atoms with van der Waals surface area (Å²) in [6, 6.07) is 0. The Labute approximate surface area is 60.9 Å². The van der Waals surface area contributed by atoms with Crippen LogP contribution in [0.25, 0.3) is 0 Å². The summed E-state index contributed by atoms with van der Waals surface area (Å²) in [7, 11) is 1.54. The van der Waals surface area contributed by atoms with Crippen LogP contribution in [0.4, 0.5) is 0 Å². The van der Waals surface area contributed by atoms with Gasteiger partial charge in [-0.2, -0.15) is 0 Å². The molecule has 0 saturated heterocycles. The fraction of sp³-hybridized carbons (Fsp3) is 0.714. The van der Waals surface area contributed by atoms with Gasteiger partial charge in [-0.1, -0.05) is 11.8 Å². The molecule has 0 radical (unpaired) electrons. The molecule has 0 aromatic rings. The molecular formula is C7H12O3. The summed E-state index contributed by atoms with van der Waals surface area (Å²) in [6.07, 6.45) is -0.578. The summed E-state index contributed by atoms with van der Waals surface area (Å²) in [6.45, 7) is 2.15. The topological polar surface area (TPSA) is 38.7 Å². The zero-order valence-corrected chi connectivity index (χ0v) is 6.26. The van der Waals surface area contributed by atoms with Crippen molar-refractivity contribution in [1.29, 1.82) is 0 Å². The SMILES string of the molecule is COCOCC#C[C@H](C)O. The van der Waals surface area contributed by atoms with E-state index in [0.29, 0.717) is 6.61 Å². The van der Waals surface area contributed by atoms with Gasteiger partial charge in [0, 0.05) is 7.11 Å². The quantitative estimate of drug-likeness (QED) is 0.344. The predicted octanol–water partition coefficient (Wildman–Crippen LogP) is -0.00890. The highest BCUT2D eigenvalue weighted by Crippen LogP contribution is 1.75. The lowest BCUT2D eigenvalue weighted by atomic mass is 10.4. The van der Waals surface area contributed by atoms with Crippen molar-refractivity contribution in [3.63, 3.8) is 0 Å². The van der Waals surface area contributed by atoms with E-state index in [2.05, 4.69) is 16.6 Å². The number of hydrogen-bond acceptors (Lipinski definition) is 3. The fourth-order valence-electron chi connectivity index (χ4n) is 0.365.